The van der Waals surface area contributed by atoms with Crippen molar-refractivity contribution in [2.45, 2.75) is 32.3 Å². The highest BCUT2D eigenvalue weighted by Crippen LogP contribution is 2.47. The summed E-state index contributed by atoms with van der Waals surface area (Å²) < 4.78 is 11.3. The Morgan fingerprint density at radius 3 is 1.87 bits per heavy atom. The molecule has 0 saturated heterocycles. The Labute approximate surface area is 90.6 Å². The maximum absolute atomic E-state index is 11.7. The lowest BCUT2D eigenvalue weighted by Gasteiger charge is -2.27. The Morgan fingerprint density at radius 2 is 1.67 bits per heavy atom. The molecule has 1 atom stereocenters. The molecule has 0 bridgehead atoms. The fourth-order valence-electron chi connectivity index (χ4n) is 1.62. The number of hydrogen-bond donors (Lipinski definition) is 2. The third-order valence-electron chi connectivity index (χ3n) is 2.55. The molecule has 0 spiro atoms. The second-order valence-electron chi connectivity index (χ2n) is 3.84. The average Bonchev–Trinajstić information content (AvgIpc) is 2.10. The van der Waals surface area contributed by atoms with Gasteiger partial charge in [0.05, 0.1) is 0 Å². The van der Waals surface area contributed by atoms with Crippen LogP contribution in [0, 0.1) is 5.92 Å². The van der Waals surface area contributed by atoms with E-state index in [2.05, 4.69) is 0 Å². The SMILES string of the molecule is CCC(CC)C(C(=O)N(C)C)P(=O)(O)O. The monoisotopic (exact) mass is 237 g/mol. The first-order valence-corrected chi connectivity index (χ1v) is 6.70. The van der Waals surface area contributed by atoms with Gasteiger partial charge in [-0.15, -0.1) is 0 Å². The van der Waals surface area contributed by atoms with Gasteiger partial charge in [-0.25, -0.2) is 0 Å². The lowest BCUT2D eigenvalue weighted by atomic mass is 9.98. The zero-order valence-corrected chi connectivity index (χ0v) is 10.6. The Kier molecular flexibility index (Phi) is 5.49. The molecule has 5 nitrogen and oxygen atoms in total. The predicted molar refractivity (Wildman–Crippen MR) is 58.6 cm³/mol. The fourth-order valence-corrected chi connectivity index (χ4v) is 3.11. The maximum atomic E-state index is 11.7. The molecular formula is C9H20NO4P. The highest BCUT2D eigenvalue weighted by atomic mass is 31.2. The van der Waals surface area contributed by atoms with E-state index in [9.17, 15) is 19.1 Å². The minimum atomic E-state index is -4.37. The third-order valence-corrected chi connectivity index (χ3v) is 3.92. The van der Waals surface area contributed by atoms with Crippen molar-refractivity contribution in [2.24, 2.45) is 5.92 Å². The van der Waals surface area contributed by atoms with Crippen LogP contribution in [0.3, 0.4) is 0 Å². The molecule has 2 N–H and O–H groups in total. The van der Waals surface area contributed by atoms with E-state index in [4.69, 9.17) is 0 Å². The van der Waals surface area contributed by atoms with Crippen molar-refractivity contribution >= 4 is 13.5 Å². The molecule has 6 heteroatoms. The van der Waals surface area contributed by atoms with Gasteiger partial charge < -0.3 is 14.7 Å². The van der Waals surface area contributed by atoms with Crippen molar-refractivity contribution in [3.8, 4) is 0 Å². The molecule has 0 aromatic heterocycles. The van der Waals surface area contributed by atoms with Gasteiger partial charge in [0.25, 0.3) is 0 Å². The molecule has 90 valence electrons. The summed E-state index contributed by atoms with van der Waals surface area (Å²) in [5.41, 5.74) is -1.19. The first kappa shape index (κ1) is 14.6. The van der Waals surface area contributed by atoms with Crippen LogP contribution in [0.4, 0.5) is 0 Å². The Morgan fingerprint density at radius 1 is 1.27 bits per heavy atom. The molecule has 0 aliphatic rings. The predicted octanol–water partition coefficient (Wildman–Crippen LogP) is 1.06. The summed E-state index contributed by atoms with van der Waals surface area (Å²) in [4.78, 5) is 31.3. The first-order chi connectivity index (χ1) is 6.75. The zero-order chi connectivity index (χ0) is 12.2. The van der Waals surface area contributed by atoms with Crippen LogP contribution in [0.25, 0.3) is 0 Å². The van der Waals surface area contributed by atoms with Gasteiger partial charge in [0.1, 0.15) is 5.66 Å². The molecule has 0 heterocycles. The van der Waals surface area contributed by atoms with Gasteiger partial charge in [-0.3, -0.25) is 9.36 Å². The van der Waals surface area contributed by atoms with Crippen LogP contribution in [-0.2, 0) is 9.36 Å². The molecule has 15 heavy (non-hydrogen) atoms. The third kappa shape index (κ3) is 3.93. The van der Waals surface area contributed by atoms with Crippen LogP contribution in [0.2, 0.25) is 0 Å². The van der Waals surface area contributed by atoms with Crippen molar-refractivity contribution in [2.75, 3.05) is 14.1 Å². The quantitative estimate of drug-likeness (QED) is 0.701. The van der Waals surface area contributed by atoms with Crippen LogP contribution in [0.15, 0.2) is 0 Å². The molecule has 0 aromatic rings. The summed E-state index contributed by atoms with van der Waals surface area (Å²) in [5, 5.41) is 0. The van der Waals surface area contributed by atoms with Crippen molar-refractivity contribution in [3.63, 3.8) is 0 Å². The van der Waals surface area contributed by atoms with E-state index in [0.717, 1.165) is 0 Å². The van der Waals surface area contributed by atoms with Gasteiger partial charge in [0, 0.05) is 14.1 Å². The lowest BCUT2D eigenvalue weighted by Crippen LogP contribution is -2.38. The molecule has 0 aliphatic carbocycles. The Bertz CT molecular complexity index is 257. The van der Waals surface area contributed by atoms with E-state index < -0.39 is 19.2 Å². The van der Waals surface area contributed by atoms with Gasteiger partial charge in [-0.2, -0.15) is 0 Å². The smallest absolute Gasteiger partial charge is 0.338 e. The molecule has 0 aliphatic heterocycles. The molecule has 0 saturated carbocycles. The highest BCUT2D eigenvalue weighted by molar-refractivity contribution is 7.53. The number of nitrogens with zero attached hydrogens (tertiary/aromatic N) is 1. The number of hydrogen-bond acceptors (Lipinski definition) is 2. The van der Waals surface area contributed by atoms with E-state index in [1.54, 1.807) is 0 Å². The summed E-state index contributed by atoms with van der Waals surface area (Å²) >= 11 is 0. The normalized spacial score (nSPS) is 14.1. The minimum Gasteiger partial charge on any atom is -0.348 e. The van der Waals surface area contributed by atoms with Gasteiger partial charge in [0.2, 0.25) is 5.91 Å². The Balaban J connectivity index is 5.06. The molecule has 0 aromatic carbocycles. The van der Waals surface area contributed by atoms with Crippen molar-refractivity contribution < 1.29 is 19.1 Å². The largest absolute Gasteiger partial charge is 0.348 e. The topological polar surface area (TPSA) is 77.8 Å². The molecule has 0 radical (unpaired) electrons. The summed E-state index contributed by atoms with van der Waals surface area (Å²) in [6.07, 6.45) is 1.18. The van der Waals surface area contributed by atoms with Crippen molar-refractivity contribution in [1.29, 1.82) is 0 Å². The van der Waals surface area contributed by atoms with E-state index in [1.807, 2.05) is 13.8 Å². The standard InChI is InChI=1S/C9H20NO4P/c1-5-7(6-2)8(15(12,13)14)9(11)10(3)4/h7-8H,5-6H2,1-4H3,(H2,12,13,14). The van der Waals surface area contributed by atoms with Crippen LogP contribution in [-0.4, -0.2) is 40.3 Å². The second-order valence-corrected chi connectivity index (χ2v) is 5.58. The lowest BCUT2D eigenvalue weighted by molar-refractivity contribution is -0.129. The highest BCUT2D eigenvalue weighted by Gasteiger charge is 2.41. The van der Waals surface area contributed by atoms with Crippen LogP contribution in [0.1, 0.15) is 26.7 Å². The second kappa shape index (κ2) is 5.64. The number of rotatable bonds is 5. The number of carbonyl (C=O) groups excluding carboxylic acids is 1. The van der Waals surface area contributed by atoms with Gasteiger partial charge in [-0.1, -0.05) is 26.7 Å². The summed E-state index contributed by atoms with van der Waals surface area (Å²) in [6, 6.07) is 0. The van der Waals surface area contributed by atoms with E-state index in [0.29, 0.717) is 12.8 Å². The van der Waals surface area contributed by atoms with Gasteiger partial charge in [-0.05, 0) is 5.92 Å². The Hall–Kier alpha value is -0.380. The summed E-state index contributed by atoms with van der Waals surface area (Å²) in [6.45, 7) is 3.67. The van der Waals surface area contributed by atoms with E-state index in [1.165, 1.54) is 19.0 Å². The maximum Gasteiger partial charge on any atom is 0.338 e. The average molecular weight is 237 g/mol. The van der Waals surface area contributed by atoms with Gasteiger partial charge in [0.15, 0.2) is 0 Å². The first-order valence-electron chi connectivity index (χ1n) is 5.02. The van der Waals surface area contributed by atoms with E-state index in [-0.39, 0.29) is 5.92 Å². The van der Waals surface area contributed by atoms with Crippen molar-refractivity contribution in [1.82, 2.24) is 4.90 Å². The van der Waals surface area contributed by atoms with Crippen molar-refractivity contribution in [3.05, 3.63) is 0 Å². The minimum absolute atomic E-state index is 0.263. The van der Waals surface area contributed by atoms with Crippen LogP contribution >= 0.6 is 7.60 Å². The van der Waals surface area contributed by atoms with E-state index >= 15 is 0 Å². The zero-order valence-electron chi connectivity index (χ0n) is 9.67. The molecule has 1 amide bonds. The van der Waals surface area contributed by atoms with Gasteiger partial charge >= 0.3 is 7.60 Å². The summed E-state index contributed by atoms with van der Waals surface area (Å²) in [5.74, 6) is -0.752. The fraction of sp³-hybridized carbons (Fsp3) is 0.889. The van der Waals surface area contributed by atoms with Crippen LogP contribution in [0.5, 0.6) is 0 Å². The molecule has 0 rings (SSSR count). The van der Waals surface area contributed by atoms with Crippen LogP contribution < -0.4 is 0 Å². The summed E-state index contributed by atoms with van der Waals surface area (Å²) in [7, 11) is -1.35. The molecular weight excluding hydrogens is 217 g/mol. The number of amides is 1. The number of carbonyl (C=O) groups is 1. The molecule has 0 fully saturated rings. The molecule has 1 unspecified atom stereocenters.